The monoisotopic (exact) mass is 338 g/mol. The molecule has 0 radical (unpaired) electrons. The molecule has 24 heavy (non-hydrogen) atoms. The van der Waals surface area contributed by atoms with Gasteiger partial charge in [0.05, 0.1) is 5.56 Å². The standard InChI is InChI=1S/C16H17F3N4O/c17-16(18,19)12-3-1-11(2-4-12)14(24)13-15(22-6-5-21-13)23-9-7-20-8-10-23/h1-6,14,20,24H,7-10H2. The highest BCUT2D eigenvalue weighted by molar-refractivity contribution is 5.47. The molecule has 0 aliphatic carbocycles. The molecule has 1 fully saturated rings. The van der Waals surface area contributed by atoms with Crippen LogP contribution in [0.5, 0.6) is 0 Å². The maximum Gasteiger partial charge on any atom is 0.416 e. The van der Waals surface area contributed by atoms with Crippen LogP contribution in [0.15, 0.2) is 36.7 Å². The van der Waals surface area contributed by atoms with Crippen LogP contribution < -0.4 is 10.2 Å². The Kier molecular flexibility index (Phi) is 4.68. The van der Waals surface area contributed by atoms with E-state index >= 15 is 0 Å². The van der Waals surface area contributed by atoms with E-state index < -0.39 is 17.8 Å². The number of hydrogen-bond donors (Lipinski definition) is 2. The molecule has 3 rings (SSSR count). The molecule has 1 atom stereocenters. The fourth-order valence-corrected chi connectivity index (χ4v) is 2.67. The SMILES string of the molecule is OC(c1ccc(C(F)(F)F)cc1)c1nccnc1N1CCNCC1. The quantitative estimate of drug-likeness (QED) is 0.896. The number of rotatable bonds is 3. The summed E-state index contributed by atoms with van der Waals surface area (Å²) in [5.41, 5.74) is -0.0565. The number of halogens is 3. The summed E-state index contributed by atoms with van der Waals surface area (Å²) < 4.78 is 38.0. The van der Waals surface area contributed by atoms with Crippen molar-refractivity contribution in [1.82, 2.24) is 15.3 Å². The van der Waals surface area contributed by atoms with Crippen molar-refractivity contribution >= 4 is 5.82 Å². The van der Waals surface area contributed by atoms with Crippen molar-refractivity contribution in [3.05, 3.63) is 53.5 Å². The lowest BCUT2D eigenvalue weighted by Crippen LogP contribution is -2.44. The summed E-state index contributed by atoms with van der Waals surface area (Å²) in [7, 11) is 0. The Bertz CT molecular complexity index is 684. The molecule has 1 saturated heterocycles. The van der Waals surface area contributed by atoms with Gasteiger partial charge in [0.2, 0.25) is 0 Å². The molecule has 1 unspecified atom stereocenters. The van der Waals surface area contributed by atoms with Crippen LogP contribution in [0, 0.1) is 0 Å². The molecule has 1 aromatic heterocycles. The molecule has 2 N–H and O–H groups in total. The Balaban J connectivity index is 1.88. The highest BCUT2D eigenvalue weighted by Gasteiger charge is 2.30. The largest absolute Gasteiger partial charge is 0.416 e. The van der Waals surface area contributed by atoms with E-state index in [1.807, 2.05) is 4.90 Å². The first kappa shape index (κ1) is 16.7. The van der Waals surface area contributed by atoms with Crippen molar-refractivity contribution in [3.63, 3.8) is 0 Å². The third-order valence-corrected chi connectivity index (χ3v) is 3.94. The normalized spacial score (nSPS) is 16.9. The van der Waals surface area contributed by atoms with E-state index in [2.05, 4.69) is 15.3 Å². The molecule has 128 valence electrons. The summed E-state index contributed by atoms with van der Waals surface area (Å²) in [5.74, 6) is 0.561. The number of aliphatic hydroxyl groups excluding tert-OH is 1. The second kappa shape index (κ2) is 6.74. The topological polar surface area (TPSA) is 61.3 Å². The van der Waals surface area contributed by atoms with Crippen LogP contribution in [-0.4, -0.2) is 41.3 Å². The first-order valence-corrected chi connectivity index (χ1v) is 7.58. The van der Waals surface area contributed by atoms with Gasteiger partial charge in [-0.3, -0.25) is 4.98 Å². The lowest BCUT2D eigenvalue weighted by atomic mass is 10.0. The van der Waals surface area contributed by atoms with E-state index in [1.54, 1.807) is 6.20 Å². The second-order valence-electron chi connectivity index (χ2n) is 5.52. The van der Waals surface area contributed by atoms with Gasteiger partial charge < -0.3 is 15.3 Å². The van der Waals surface area contributed by atoms with E-state index in [4.69, 9.17) is 0 Å². The summed E-state index contributed by atoms with van der Waals surface area (Å²) in [6, 6.07) is 4.45. The molecule has 8 heteroatoms. The molecule has 1 aliphatic heterocycles. The van der Waals surface area contributed by atoms with E-state index in [0.29, 0.717) is 17.1 Å². The predicted octanol–water partition coefficient (Wildman–Crippen LogP) is 1.99. The molecule has 2 heterocycles. The smallest absolute Gasteiger partial charge is 0.382 e. The van der Waals surface area contributed by atoms with Crippen molar-refractivity contribution in [2.45, 2.75) is 12.3 Å². The van der Waals surface area contributed by atoms with E-state index in [0.717, 1.165) is 38.3 Å². The average molecular weight is 338 g/mol. The number of nitrogens with zero attached hydrogens (tertiary/aromatic N) is 3. The van der Waals surface area contributed by atoms with Crippen molar-refractivity contribution in [3.8, 4) is 0 Å². The van der Waals surface area contributed by atoms with Crippen molar-refractivity contribution in [1.29, 1.82) is 0 Å². The van der Waals surface area contributed by atoms with Gasteiger partial charge in [-0.05, 0) is 17.7 Å². The Morgan fingerprint density at radius 3 is 2.29 bits per heavy atom. The third kappa shape index (κ3) is 3.49. The van der Waals surface area contributed by atoms with Crippen molar-refractivity contribution in [2.24, 2.45) is 0 Å². The fraction of sp³-hybridized carbons (Fsp3) is 0.375. The molecule has 1 aliphatic rings. The Hall–Kier alpha value is -2.19. The zero-order valence-electron chi connectivity index (χ0n) is 12.8. The van der Waals surface area contributed by atoms with Crippen LogP contribution in [-0.2, 0) is 6.18 Å². The maximum atomic E-state index is 12.7. The average Bonchev–Trinajstić information content (AvgIpc) is 2.61. The van der Waals surface area contributed by atoms with Gasteiger partial charge in [-0.1, -0.05) is 12.1 Å². The number of alkyl halides is 3. The molecule has 2 aromatic rings. The lowest BCUT2D eigenvalue weighted by molar-refractivity contribution is -0.137. The van der Waals surface area contributed by atoms with E-state index in [-0.39, 0.29) is 0 Å². The summed E-state index contributed by atoms with van der Waals surface area (Å²) in [6.45, 7) is 3.05. The summed E-state index contributed by atoms with van der Waals surface area (Å²) in [5, 5.41) is 13.8. The Labute approximate surface area is 137 Å². The van der Waals surface area contributed by atoms with Gasteiger partial charge in [0.25, 0.3) is 0 Å². The van der Waals surface area contributed by atoms with Crippen molar-refractivity contribution < 1.29 is 18.3 Å². The zero-order valence-corrected chi connectivity index (χ0v) is 12.8. The van der Waals surface area contributed by atoms with Gasteiger partial charge in [0.15, 0.2) is 5.82 Å². The zero-order chi connectivity index (χ0) is 17.2. The van der Waals surface area contributed by atoms with Crippen LogP contribution in [0.4, 0.5) is 19.0 Å². The van der Waals surface area contributed by atoms with Crippen molar-refractivity contribution in [2.75, 3.05) is 31.1 Å². The lowest BCUT2D eigenvalue weighted by Gasteiger charge is -2.30. The minimum Gasteiger partial charge on any atom is -0.382 e. The third-order valence-electron chi connectivity index (χ3n) is 3.94. The summed E-state index contributed by atoms with van der Waals surface area (Å²) >= 11 is 0. The van der Waals surface area contributed by atoms with Crippen LogP contribution in [0.25, 0.3) is 0 Å². The van der Waals surface area contributed by atoms with Gasteiger partial charge in [0.1, 0.15) is 11.8 Å². The number of piperazine rings is 1. The number of anilines is 1. The molecule has 1 aromatic carbocycles. The van der Waals surface area contributed by atoms with Gasteiger partial charge in [-0.25, -0.2) is 4.98 Å². The summed E-state index contributed by atoms with van der Waals surface area (Å²) in [6.07, 6.45) is -2.53. The molecule has 0 bridgehead atoms. The van der Waals surface area contributed by atoms with Crippen LogP contribution in [0.2, 0.25) is 0 Å². The van der Waals surface area contributed by atoms with Gasteiger partial charge in [-0.15, -0.1) is 0 Å². The molecule has 0 amide bonds. The van der Waals surface area contributed by atoms with Gasteiger partial charge in [0, 0.05) is 38.6 Å². The van der Waals surface area contributed by atoms with Gasteiger partial charge >= 0.3 is 6.18 Å². The van der Waals surface area contributed by atoms with Crippen LogP contribution >= 0.6 is 0 Å². The number of hydrogen-bond acceptors (Lipinski definition) is 5. The highest BCUT2D eigenvalue weighted by atomic mass is 19.4. The Morgan fingerprint density at radius 1 is 1.04 bits per heavy atom. The number of benzene rings is 1. The number of aromatic nitrogens is 2. The first-order chi connectivity index (χ1) is 11.5. The minimum absolute atomic E-state index is 0.346. The summed E-state index contributed by atoms with van der Waals surface area (Å²) in [4.78, 5) is 10.5. The highest BCUT2D eigenvalue weighted by Crippen LogP contribution is 2.32. The van der Waals surface area contributed by atoms with Crippen LogP contribution in [0.1, 0.15) is 22.9 Å². The molecular formula is C16H17F3N4O. The molecule has 0 saturated carbocycles. The van der Waals surface area contributed by atoms with Crippen LogP contribution in [0.3, 0.4) is 0 Å². The number of aliphatic hydroxyl groups is 1. The molecule has 0 spiro atoms. The minimum atomic E-state index is -4.40. The van der Waals surface area contributed by atoms with E-state index in [9.17, 15) is 18.3 Å². The second-order valence-corrected chi connectivity index (χ2v) is 5.52. The van der Waals surface area contributed by atoms with E-state index in [1.165, 1.54) is 18.3 Å². The predicted molar refractivity (Wildman–Crippen MR) is 82.6 cm³/mol. The maximum absolute atomic E-state index is 12.7. The fourth-order valence-electron chi connectivity index (χ4n) is 2.67. The Morgan fingerprint density at radius 2 is 1.67 bits per heavy atom. The molecular weight excluding hydrogens is 321 g/mol. The van der Waals surface area contributed by atoms with Gasteiger partial charge in [-0.2, -0.15) is 13.2 Å². The molecule has 5 nitrogen and oxygen atoms in total. The number of nitrogens with one attached hydrogen (secondary N) is 1. The first-order valence-electron chi connectivity index (χ1n) is 7.58.